The third-order valence-electron chi connectivity index (χ3n) is 5.17. The van der Waals surface area contributed by atoms with Crippen LogP contribution in [0.25, 0.3) is 0 Å². The van der Waals surface area contributed by atoms with Gasteiger partial charge in [-0.3, -0.25) is 0 Å². The molecule has 18 heavy (non-hydrogen) atoms. The first-order chi connectivity index (χ1) is 8.39. The van der Waals surface area contributed by atoms with E-state index < -0.39 is 8.32 Å². The summed E-state index contributed by atoms with van der Waals surface area (Å²) in [5.74, 6) is 3.14. The van der Waals surface area contributed by atoms with E-state index in [2.05, 4.69) is 47.6 Å². The zero-order valence-corrected chi connectivity index (χ0v) is 14.0. The summed E-state index contributed by atoms with van der Waals surface area (Å²) >= 11 is 0. The van der Waals surface area contributed by atoms with Crippen molar-refractivity contribution in [3.05, 3.63) is 11.8 Å². The van der Waals surface area contributed by atoms with Crippen molar-refractivity contribution >= 4 is 8.32 Å². The van der Waals surface area contributed by atoms with Crippen LogP contribution in [0.1, 0.15) is 60.8 Å². The molecule has 1 saturated carbocycles. The van der Waals surface area contributed by atoms with Crippen LogP contribution in [0.2, 0.25) is 16.6 Å². The van der Waals surface area contributed by atoms with Crippen LogP contribution >= 0.6 is 0 Å². The highest BCUT2D eigenvalue weighted by Crippen LogP contribution is 2.54. The summed E-state index contributed by atoms with van der Waals surface area (Å²) in [6, 6.07) is 0. The van der Waals surface area contributed by atoms with Gasteiger partial charge >= 0.3 is 0 Å². The zero-order valence-electron chi connectivity index (χ0n) is 13.0. The smallest absolute Gasteiger partial charge is 0.258 e. The Morgan fingerprint density at radius 3 is 2.11 bits per heavy atom. The van der Waals surface area contributed by atoms with Crippen molar-refractivity contribution in [1.29, 1.82) is 0 Å². The molecule has 0 aliphatic heterocycles. The van der Waals surface area contributed by atoms with E-state index in [-0.39, 0.29) is 0 Å². The molecule has 0 bridgehead atoms. The zero-order chi connectivity index (χ0) is 13.5. The second-order valence-electron chi connectivity index (χ2n) is 7.21. The highest BCUT2D eigenvalue weighted by Gasteiger charge is 2.51. The average Bonchev–Trinajstić information content (AvgIpc) is 3.03. The topological polar surface area (TPSA) is 9.23 Å². The predicted octanol–water partition coefficient (Wildman–Crippen LogP) is 5.49. The first-order valence-electron chi connectivity index (χ1n) is 7.78. The van der Waals surface area contributed by atoms with Gasteiger partial charge in [0.05, 0.1) is 5.76 Å². The van der Waals surface area contributed by atoms with Crippen molar-refractivity contribution in [3.8, 4) is 0 Å². The van der Waals surface area contributed by atoms with Crippen LogP contribution in [0.5, 0.6) is 0 Å². The number of hydrogen-bond donors (Lipinski definition) is 0. The number of rotatable bonds is 5. The fraction of sp³-hybridized carbons (Fsp3) is 0.875. The van der Waals surface area contributed by atoms with E-state index in [0.29, 0.717) is 16.6 Å². The third kappa shape index (κ3) is 2.28. The molecule has 0 amide bonds. The van der Waals surface area contributed by atoms with E-state index in [9.17, 15) is 0 Å². The van der Waals surface area contributed by atoms with E-state index in [0.717, 1.165) is 11.8 Å². The Balaban J connectivity index is 2.21. The highest BCUT2D eigenvalue weighted by molar-refractivity contribution is 6.77. The number of allylic oxidation sites excluding steroid dienone is 2. The number of fused-ring (bicyclic) bond motifs is 1. The molecule has 0 N–H and O–H groups in total. The lowest BCUT2D eigenvalue weighted by Crippen LogP contribution is -2.47. The molecular weight excluding hydrogens is 236 g/mol. The van der Waals surface area contributed by atoms with Crippen LogP contribution in [0, 0.1) is 11.8 Å². The molecule has 2 unspecified atom stereocenters. The van der Waals surface area contributed by atoms with Gasteiger partial charge in [0.1, 0.15) is 0 Å². The summed E-state index contributed by atoms with van der Waals surface area (Å²) in [5, 5.41) is 0. The molecule has 2 aliphatic rings. The summed E-state index contributed by atoms with van der Waals surface area (Å²) in [4.78, 5) is 0. The Labute approximate surface area is 114 Å². The van der Waals surface area contributed by atoms with Crippen LogP contribution in [0.4, 0.5) is 0 Å². The molecule has 0 radical (unpaired) electrons. The maximum Gasteiger partial charge on any atom is 0.258 e. The van der Waals surface area contributed by atoms with Gasteiger partial charge in [0.25, 0.3) is 8.32 Å². The van der Waals surface area contributed by atoms with Gasteiger partial charge in [0.15, 0.2) is 0 Å². The van der Waals surface area contributed by atoms with Crippen molar-refractivity contribution in [2.75, 3.05) is 0 Å². The summed E-state index contributed by atoms with van der Waals surface area (Å²) in [7, 11) is -1.70. The van der Waals surface area contributed by atoms with Gasteiger partial charge in [0, 0.05) is 5.92 Å². The molecule has 0 heterocycles. The average molecular weight is 267 g/mol. The Morgan fingerprint density at radius 2 is 1.61 bits per heavy atom. The minimum Gasteiger partial charge on any atom is -0.546 e. The Bertz CT molecular complexity index is 308. The van der Waals surface area contributed by atoms with Gasteiger partial charge < -0.3 is 4.43 Å². The summed E-state index contributed by atoms with van der Waals surface area (Å²) in [6.45, 7) is 14.2. The van der Waals surface area contributed by atoms with Gasteiger partial charge in [-0.2, -0.15) is 0 Å². The van der Waals surface area contributed by atoms with Gasteiger partial charge in [-0.15, -0.1) is 0 Å². The van der Waals surface area contributed by atoms with E-state index in [1.807, 2.05) is 0 Å². The van der Waals surface area contributed by atoms with Crippen molar-refractivity contribution in [2.24, 2.45) is 11.8 Å². The summed E-state index contributed by atoms with van der Waals surface area (Å²) < 4.78 is 6.82. The first-order valence-corrected chi connectivity index (χ1v) is 9.92. The van der Waals surface area contributed by atoms with Crippen LogP contribution in [-0.4, -0.2) is 8.32 Å². The van der Waals surface area contributed by atoms with Gasteiger partial charge in [-0.25, -0.2) is 0 Å². The third-order valence-corrected chi connectivity index (χ3v) is 11.2. The second-order valence-corrected chi connectivity index (χ2v) is 12.6. The molecule has 0 saturated heterocycles. The Hall–Kier alpha value is -0.243. The van der Waals surface area contributed by atoms with Crippen molar-refractivity contribution in [3.63, 3.8) is 0 Å². The van der Waals surface area contributed by atoms with Gasteiger partial charge in [-0.1, -0.05) is 41.5 Å². The van der Waals surface area contributed by atoms with E-state index in [1.54, 1.807) is 0 Å². The lowest BCUT2D eigenvalue weighted by atomic mass is 10.1. The highest BCUT2D eigenvalue weighted by atomic mass is 28.4. The predicted molar refractivity (Wildman–Crippen MR) is 81.0 cm³/mol. The molecule has 0 aromatic heterocycles. The van der Waals surface area contributed by atoms with E-state index >= 15 is 0 Å². The summed E-state index contributed by atoms with van der Waals surface area (Å²) in [6.07, 6.45) is 6.44. The van der Waals surface area contributed by atoms with E-state index in [1.165, 1.54) is 25.0 Å². The van der Waals surface area contributed by atoms with Crippen molar-refractivity contribution in [1.82, 2.24) is 0 Å². The van der Waals surface area contributed by atoms with Crippen molar-refractivity contribution in [2.45, 2.75) is 77.4 Å². The molecule has 0 spiro atoms. The largest absolute Gasteiger partial charge is 0.546 e. The molecule has 2 aliphatic carbocycles. The normalized spacial score (nSPS) is 27.5. The molecule has 2 atom stereocenters. The first kappa shape index (κ1) is 14.2. The molecule has 1 nitrogen and oxygen atoms in total. The molecule has 0 aromatic rings. The quantitative estimate of drug-likeness (QED) is 0.598. The SMILES string of the molecule is CC(C)[Si](OC1=CCCC2CC12)(C(C)C)C(C)C. The Kier molecular flexibility index (Phi) is 3.96. The molecule has 1 fully saturated rings. The lowest BCUT2D eigenvalue weighted by molar-refractivity contribution is 0.331. The summed E-state index contributed by atoms with van der Waals surface area (Å²) in [5.41, 5.74) is 2.08. The van der Waals surface area contributed by atoms with Crippen LogP contribution in [0.3, 0.4) is 0 Å². The van der Waals surface area contributed by atoms with E-state index in [4.69, 9.17) is 4.43 Å². The molecular formula is C16H30OSi. The number of hydrogen-bond acceptors (Lipinski definition) is 1. The Morgan fingerprint density at radius 1 is 1.06 bits per heavy atom. The maximum absolute atomic E-state index is 6.82. The fourth-order valence-corrected chi connectivity index (χ4v) is 9.53. The molecule has 104 valence electrons. The maximum atomic E-state index is 6.82. The van der Waals surface area contributed by atoms with Crippen LogP contribution in [0.15, 0.2) is 11.8 Å². The van der Waals surface area contributed by atoms with Crippen LogP contribution < -0.4 is 0 Å². The monoisotopic (exact) mass is 266 g/mol. The van der Waals surface area contributed by atoms with Gasteiger partial charge in [0.2, 0.25) is 0 Å². The minimum atomic E-state index is -1.70. The fourth-order valence-electron chi connectivity index (χ4n) is 4.18. The van der Waals surface area contributed by atoms with Crippen LogP contribution in [-0.2, 0) is 4.43 Å². The van der Waals surface area contributed by atoms with Crippen molar-refractivity contribution < 1.29 is 4.43 Å². The molecule has 2 rings (SSSR count). The second kappa shape index (κ2) is 5.03. The molecule has 2 heteroatoms. The van der Waals surface area contributed by atoms with Gasteiger partial charge in [-0.05, 0) is 47.9 Å². The minimum absolute atomic E-state index is 0.692. The standard InChI is InChI=1S/C16H30OSi/c1-11(2)18(12(3)4,13(5)6)17-16-9-7-8-14-10-15(14)16/h9,11-15H,7-8,10H2,1-6H3. The molecule has 0 aromatic carbocycles. The lowest BCUT2D eigenvalue weighted by Gasteiger charge is -2.43.